The maximum Gasteiger partial charge on any atom is 0.323 e. The number of hydrogen-bond acceptors (Lipinski definition) is 3. The number of nitrogens with zero attached hydrogens (tertiary/aromatic N) is 3. The molecular weight excluding hydrogens is 292 g/mol. The van der Waals surface area contributed by atoms with Gasteiger partial charge in [0.1, 0.15) is 5.75 Å². The number of urea groups is 1. The van der Waals surface area contributed by atoms with Gasteiger partial charge >= 0.3 is 6.03 Å². The van der Waals surface area contributed by atoms with Gasteiger partial charge < -0.3 is 10.0 Å². The summed E-state index contributed by atoms with van der Waals surface area (Å²) < 4.78 is 1.86. The minimum Gasteiger partial charge on any atom is -0.508 e. The van der Waals surface area contributed by atoms with Gasteiger partial charge in [-0.25, -0.2) is 4.79 Å². The van der Waals surface area contributed by atoms with E-state index in [2.05, 4.69) is 10.4 Å². The van der Waals surface area contributed by atoms with E-state index in [0.29, 0.717) is 24.8 Å². The van der Waals surface area contributed by atoms with E-state index in [1.54, 1.807) is 17.0 Å². The molecule has 6 heteroatoms. The van der Waals surface area contributed by atoms with Crippen LogP contribution in [0.15, 0.2) is 24.3 Å². The summed E-state index contributed by atoms with van der Waals surface area (Å²) >= 11 is 0. The third kappa shape index (κ3) is 2.76. The molecule has 23 heavy (non-hydrogen) atoms. The van der Waals surface area contributed by atoms with Crippen molar-refractivity contribution in [1.29, 1.82) is 0 Å². The lowest BCUT2D eigenvalue weighted by molar-refractivity contribution is 0.206. The number of anilines is 1. The fourth-order valence-electron chi connectivity index (χ4n) is 3.21. The monoisotopic (exact) mass is 312 g/mol. The summed E-state index contributed by atoms with van der Waals surface area (Å²) in [5.41, 5.74) is 3.39. The highest BCUT2D eigenvalue weighted by molar-refractivity contribution is 5.88. The Labute approximate surface area is 134 Å². The van der Waals surface area contributed by atoms with Gasteiger partial charge in [0, 0.05) is 37.8 Å². The molecule has 4 rings (SSSR count). The van der Waals surface area contributed by atoms with Gasteiger partial charge in [-0.05, 0) is 42.5 Å². The lowest BCUT2D eigenvalue weighted by Crippen LogP contribution is -2.38. The van der Waals surface area contributed by atoms with Crippen molar-refractivity contribution >= 4 is 11.8 Å². The molecule has 0 atom stereocenters. The van der Waals surface area contributed by atoms with Crippen molar-refractivity contribution in [2.45, 2.75) is 31.7 Å². The number of phenolic OH excluding ortho intramolecular Hbond substituents is 1. The van der Waals surface area contributed by atoms with Crippen LogP contribution in [-0.4, -0.2) is 32.4 Å². The van der Waals surface area contributed by atoms with E-state index in [9.17, 15) is 9.90 Å². The number of aromatic hydroxyl groups is 1. The maximum atomic E-state index is 12.5. The Kier molecular flexibility index (Phi) is 3.25. The van der Waals surface area contributed by atoms with Gasteiger partial charge in [-0.3, -0.25) is 10.00 Å². The van der Waals surface area contributed by atoms with Crippen molar-refractivity contribution in [3.63, 3.8) is 0 Å². The zero-order valence-corrected chi connectivity index (χ0v) is 13.1. The van der Waals surface area contributed by atoms with Crippen LogP contribution >= 0.6 is 0 Å². The van der Waals surface area contributed by atoms with Crippen molar-refractivity contribution in [2.75, 3.05) is 11.9 Å². The van der Waals surface area contributed by atoms with E-state index in [1.807, 2.05) is 23.9 Å². The first-order valence-corrected chi connectivity index (χ1v) is 8.01. The van der Waals surface area contributed by atoms with E-state index in [-0.39, 0.29) is 11.8 Å². The third-order valence-electron chi connectivity index (χ3n) is 4.64. The Balaban J connectivity index is 1.46. The number of aromatic nitrogens is 2. The second-order valence-electron chi connectivity index (χ2n) is 6.41. The van der Waals surface area contributed by atoms with E-state index >= 15 is 0 Å². The molecule has 1 aromatic carbocycles. The molecular formula is C17H20N4O2. The first-order valence-electron chi connectivity index (χ1n) is 8.01. The van der Waals surface area contributed by atoms with Gasteiger partial charge in [0.15, 0.2) is 5.82 Å². The molecule has 0 spiro atoms. The Morgan fingerprint density at radius 1 is 1.30 bits per heavy atom. The predicted molar refractivity (Wildman–Crippen MR) is 86.4 cm³/mol. The lowest BCUT2D eigenvalue weighted by atomic mass is 10.00. The Bertz CT molecular complexity index is 764. The molecule has 1 aliphatic carbocycles. The SMILES string of the molecule is Cn1nc(NC(=O)N2CCc3ccc(O)cc3C2)cc1C1CC1. The molecule has 1 fully saturated rings. The largest absolute Gasteiger partial charge is 0.508 e. The minimum absolute atomic E-state index is 0.139. The van der Waals surface area contributed by atoms with Crippen molar-refractivity contribution in [3.8, 4) is 5.75 Å². The molecule has 2 heterocycles. The minimum atomic E-state index is -0.139. The van der Waals surface area contributed by atoms with Crippen LogP contribution in [-0.2, 0) is 20.0 Å². The molecule has 0 unspecified atom stereocenters. The Morgan fingerprint density at radius 3 is 2.91 bits per heavy atom. The molecule has 2 aromatic rings. The zero-order chi connectivity index (χ0) is 16.0. The molecule has 0 saturated heterocycles. The molecule has 1 aliphatic heterocycles. The van der Waals surface area contributed by atoms with Crippen LogP contribution in [0.5, 0.6) is 5.75 Å². The fourth-order valence-corrected chi connectivity index (χ4v) is 3.21. The molecule has 6 nitrogen and oxygen atoms in total. The molecule has 2 amide bonds. The predicted octanol–water partition coefficient (Wildman–Crippen LogP) is 2.59. The maximum absolute atomic E-state index is 12.5. The molecule has 0 bridgehead atoms. The van der Waals surface area contributed by atoms with Crippen LogP contribution in [0.3, 0.4) is 0 Å². The Hall–Kier alpha value is -2.50. The Morgan fingerprint density at radius 2 is 2.13 bits per heavy atom. The fraction of sp³-hybridized carbons (Fsp3) is 0.412. The quantitative estimate of drug-likeness (QED) is 0.895. The van der Waals surface area contributed by atoms with Crippen molar-refractivity contribution in [3.05, 3.63) is 41.1 Å². The summed E-state index contributed by atoms with van der Waals surface area (Å²) in [6, 6.07) is 7.20. The number of fused-ring (bicyclic) bond motifs is 1. The number of benzene rings is 1. The topological polar surface area (TPSA) is 70.4 Å². The molecule has 120 valence electrons. The van der Waals surface area contributed by atoms with E-state index in [0.717, 1.165) is 12.0 Å². The number of amides is 2. The highest BCUT2D eigenvalue weighted by atomic mass is 16.3. The number of phenols is 1. The number of rotatable bonds is 2. The van der Waals surface area contributed by atoms with Crippen LogP contribution in [0.2, 0.25) is 0 Å². The van der Waals surface area contributed by atoms with Gasteiger partial charge in [-0.2, -0.15) is 5.10 Å². The molecule has 0 radical (unpaired) electrons. The van der Waals surface area contributed by atoms with E-state index in [4.69, 9.17) is 0 Å². The summed E-state index contributed by atoms with van der Waals surface area (Å²) in [5, 5.41) is 16.9. The lowest BCUT2D eigenvalue weighted by Gasteiger charge is -2.28. The van der Waals surface area contributed by atoms with Crippen LogP contribution in [0.1, 0.15) is 35.6 Å². The average Bonchev–Trinajstić information content (AvgIpc) is 3.30. The summed E-state index contributed by atoms with van der Waals surface area (Å²) in [6.45, 7) is 1.18. The first kappa shape index (κ1) is 14.1. The van der Waals surface area contributed by atoms with Crippen LogP contribution in [0.25, 0.3) is 0 Å². The molecule has 2 N–H and O–H groups in total. The number of aryl methyl sites for hydroxylation is 1. The summed E-state index contributed by atoms with van der Waals surface area (Å²) in [5.74, 6) is 1.45. The molecule has 1 saturated carbocycles. The van der Waals surface area contributed by atoms with Gasteiger partial charge in [0.2, 0.25) is 0 Å². The number of hydrogen-bond donors (Lipinski definition) is 2. The summed E-state index contributed by atoms with van der Waals surface area (Å²) in [7, 11) is 1.92. The van der Waals surface area contributed by atoms with Gasteiger partial charge in [0.05, 0.1) is 0 Å². The highest BCUT2D eigenvalue weighted by Crippen LogP contribution is 2.40. The van der Waals surface area contributed by atoms with Crippen LogP contribution in [0.4, 0.5) is 10.6 Å². The normalized spacial score (nSPS) is 17.0. The van der Waals surface area contributed by atoms with E-state index in [1.165, 1.54) is 24.1 Å². The summed E-state index contributed by atoms with van der Waals surface area (Å²) in [4.78, 5) is 14.2. The van der Waals surface area contributed by atoms with Gasteiger partial charge in [-0.15, -0.1) is 0 Å². The second-order valence-corrected chi connectivity index (χ2v) is 6.41. The zero-order valence-electron chi connectivity index (χ0n) is 13.1. The van der Waals surface area contributed by atoms with Crippen molar-refractivity contribution in [1.82, 2.24) is 14.7 Å². The van der Waals surface area contributed by atoms with Crippen LogP contribution in [0, 0.1) is 0 Å². The average molecular weight is 312 g/mol. The standard InChI is InChI=1S/C17H20N4O2/c1-20-15(12-2-3-12)9-16(19-20)18-17(23)21-7-6-11-4-5-14(22)8-13(11)10-21/h4-5,8-9,12,22H,2-3,6-7,10H2,1H3,(H,18,19,23). The van der Waals surface area contributed by atoms with Gasteiger partial charge in [-0.1, -0.05) is 6.07 Å². The van der Waals surface area contributed by atoms with Crippen molar-refractivity contribution in [2.24, 2.45) is 7.05 Å². The second kappa shape index (κ2) is 5.30. The molecule has 1 aromatic heterocycles. The van der Waals surface area contributed by atoms with E-state index < -0.39 is 0 Å². The highest BCUT2D eigenvalue weighted by Gasteiger charge is 2.28. The third-order valence-corrected chi connectivity index (χ3v) is 4.64. The smallest absolute Gasteiger partial charge is 0.323 e. The first-order chi connectivity index (χ1) is 11.1. The summed E-state index contributed by atoms with van der Waals surface area (Å²) in [6.07, 6.45) is 3.22. The number of carbonyl (C=O) groups excluding carboxylic acids is 1. The number of carbonyl (C=O) groups is 1. The van der Waals surface area contributed by atoms with Crippen molar-refractivity contribution < 1.29 is 9.90 Å². The number of nitrogens with one attached hydrogen (secondary N) is 1. The van der Waals surface area contributed by atoms with Gasteiger partial charge in [0.25, 0.3) is 0 Å². The van der Waals surface area contributed by atoms with Crippen LogP contribution < -0.4 is 5.32 Å². The molecule has 2 aliphatic rings.